The third-order valence-electron chi connectivity index (χ3n) is 5.16. The van der Waals surface area contributed by atoms with Crippen molar-refractivity contribution in [2.75, 3.05) is 7.11 Å². The molecule has 8 nitrogen and oxygen atoms in total. The van der Waals surface area contributed by atoms with Gasteiger partial charge in [0.1, 0.15) is 12.5 Å². The van der Waals surface area contributed by atoms with Crippen LogP contribution in [-0.4, -0.2) is 29.7 Å². The van der Waals surface area contributed by atoms with E-state index in [9.17, 15) is 19.7 Å². The number of allylic oxidation sites excluding steroid dienone is 1. The summed E-state index contributed by atoms with van der Waals surface area (Å²) in [5.74, 6) is -2.95. The molecular formula is C23H22N2O6. The van der Waals surface area contributed by atoms with Gasteiger partial charge in [-0.1, -0.05) is 42.5 Å². The monoisotopic (exact) mass is 422 g/mol. The molecule has 0 aliphatic carbocycles. The van der Waals surface area contributed by atoms with Crippen molar-refractivity contribution in [2.24, 2.45) is 10.9 Å². The lowest BCUT2D eigenvalue weighted by Gasteiger charge is -2.31. The summed E-state index contributed by atoms with van der Waals surface area (Å²) in [5.41, 5.74) is 2.13. The number of rotatable bonds is 6. The Hall–Kier alpha value is -3.81. The molecule has 2 atom stereocenters. The second kappa shape index (κ2) is 9.34. The van der Waals surface area contributed by atoms with E-state index in [1.165, 1.54) is 25.3 Å². The van der Waals surface area contributed by atoms with Crippen LogP contribution in [0.3, 0.4) is 0 Å². The standard InChI is InChI=1S/C23H22N2O6/c1-14-19(22(26)30-3)21(17-10-7-11-18(12-17)25(28)29)20(15(2)24-14)23(27)31-13-16-8-5-4-6-9-16/h4-12,19,21H,13H2,1-3H3. The van der Waals surface area contributed by atoms with Crippen LogP contribution in [0.25, 0.3) is 0 Å². The fraction of sp³-hybridized carbons (Fsp3) is 0.261. The van der Waals surface area contributed by atoms with Crippen LogP contribution >= 0.6 is 0 Å². The van der Waals surface area contributed by atoms with E-state index in [4.69, 9.17) is 9.47 Å². The molecule has 8 heteroatoms. The quantitative estimate of drug-likeness (QED) is 0.396. The Balaban J connectivity index is 2.05. The number of benzene rings is 2. The van der Waals surface area contributed by atoms with Crippen LogP contribution in [0.4, 0.5) is 5.69 Å². The number of aliphatic imine (C=N–C) groups is 1. The van der Waals surface area contributed by atoms with Gasteiger partial charge in [-0.2, -0.15) is 0 Å². The fourth-order valence-corrected chi connectivity index (χ4v) is 3.73. The highest BCUT2D eigenvalue weighted by Gasteiger charge is 2.42. The van der Waals surface area contributed by atoms with Crippen molar-refractivity contribution in [1.29, 1.82) is 0 Å². The van der Waals surface area contributed by atoms with E-state index in [-0.39, 0.29) is 17.9 Å². The molecule has 0 saturated heterocycles. The Morgan fingerprint density at radius 1 is 1.10 bits per heavy atom. The number of esters is 2. The highest BCUT2D eigenvalue weighted by Crippen LogP contribution is 2.41. The molecule has 2 unspecified atom stereocenters. The van der Waals surface area contributed by atoms with Crippen LogP contribution in [0.2, 0.25) is 0 Å². The zero-order valence-corrected chi connectivity index (χ0v) is 17.4. The molecule has 0 amide bonds. The van der Waals surface area contributed by atoms with E-state index in [0.29, 0.717) is 17.0 Å². The number of methoxy groups -OCH3 is 1. The first-order valence-corrected chi connectivity index (χ1v) is 9.62. The van der Waals surface area contributed by atoms with Gasteiger partial charge in [-0.25, -0.2) is 4.79 Å². The van der Waals surface area contributed by atoms with Crippen LogP contribution in [0.5, 0.6) is 0 Å². The maximum absolute atomic E-state index is 13.1. The molecule has 0 radical (unpaired) electrons. The minimum atomic E-state index is -0.907. The Morgan fingerprint density at radius 3 is 2.45 bits per heavy atom. The van der Waals surface area contributed by atoms with Gasteiger partial charge < -0.3 is 9.47 Å². The second-order valence-electron chi connectivity index (χ2n) is 7.14. The summed E-state index contributed by atoms with van der Waals surface area (Å²) < 4.78 is 10.5. The number of nitro benzene ring substituents is 1. The van der Waals surface area contributed by atoms with Crippen molar-refractivity contribution in [3.05, 3.63) is 87.1 Å². The van der Waals surface area contributed by atoms with Crippen molar-refractivity contribution < 1.29 is 24.0 Å². The van der Waals surface area contributed by atoms with E-state index >= 15 is 0 Å². The topological polar surface area (TPSA) is 108 Å². The van der Waals surface area contributed by atoms with Crippen LogP contribution in [0.1, 0.15) is 30.9 Å². The lowest BCUT2D eigenvalue weighted by atomic mass is 9.75. The predicted molar refractivity (Wildman–Crippen MR) is 113 cm³/mol. The molecule has 1 aliphatic heterocycles. The van der Waals surface area contributed by atoms with Gasteiger partial charge in [0.05, 0.1) is 17.6 Å². The molecule has 160 valence electrons. The molecular weight excluding hydrogens is 400 g/mol. The van der Waals surface area contributed by atoms with Gasteiger partial charge in [0.2, 0.25) is 0 Å². The fourth-order valence-electron chi connectivity index (χ4n) is 3.73. The third kappa shape index (κ3) is 4.69. The largest absolute Gasteiger partial charge is 0.468 e. The van der Waals surface area contributed by atoms with E-state index in [2.05, 4.69) is 4.99 Å². The number of nitrogens with zero attached hydrogens (tertiary/aromatic N) is 2. The molecule has 2 aromatic carbocycles. The Bertz CT molecular complexity index is 1070. The van der Waals surface area contributed by atoms with Crippen molar-refractivity contribution >= 4 is 23.3 Å². The molecule has 1 heterocycles. The molecule has 1 aliphatic rings. The Labute approximate surface area is 179 Å². The van der Waals surface area contributed by atoms with Gasteiger partial charge in [-0.15, -0.1) is 0 Å². The molecule has 0 aromatic heterocycles. The van der Waals surface area contributed by atoms with Gasteiger partial charge in [-0.3, -0.25) is 19.9 Å². The normalized spacial score (nSPS) is 18.2. The number of carbonyl (C=O) groups is 2. The maximum atomic E-state index is 13.1. The van der Waals surface area contributed by atoms with Crippen LogP contribution < -0.4 is 0 Å². The number of nitro groups is 1. The van der Waals surface area contributed by atoms with E-state index in [1.54, 1.807) is 19.9 Å². The minimum absolute atomic E-state index is 0.0453. The lowest BCUT2D eigenvalue weighted by molar-refractivity contribution is -0.384. The summed E-state index contributed by atoms with van der Waals surface area (Å²) in [4.78, 5) is 40.9. The zero-order valence-electron chi connectivity index (χ0n) is 17.4. The summed E-state index contributed by atoms with van der Waals surface area (Å²) in [6, 6.07) is 15.1. The van der Waals surface area contributed by atoms with Crippen LogP contribution in [-0.2, 0) is 25.7 Å². The number of hydrogen-bond donors (Lipinski definition) is 0. The molecule has 0 spiro atoms. The first-order valence-electron chi connectivity index (χ1n) is 9.62. The molecule has 3 rings (SSSR count). The molecule has 0 bridgehead atoms. The summed E-state index contributed by atoms with van der Waals surface area (Å²) in [7, 11) is 1.25. The van der Waals surface area contributed by atoms with Crippen molar-refractivity contribution in [3.63, 3.8) is 0 Å². The zero-order chi connectivity index (χ0) is 22.5. The van der Waals surface area contributed by atoms with Crippen molar-refractivity contribution in [2.45, 2.75) is 26.4 Å². The van der Waals surface area contributed by atoms with Crippen molar-refractivity contribution in [1.82, 2.24) is 0 Å². The summed E-state index contributed by atoms with van der Waals surface area (Å²) >= 11 is 0. The molecule has 2 aromatic rings. The van der Waals surface area contributed by atoms with Crippen LogP contribution in [0.15, 0.2) is 70.9 Å². The van der Waals surface area contributed by atoms with Gasteiger partial charge >= 0.3 is 11.9 Å². The Morgan fingerprint density at radius 2 is 1.81 bits per heavy atom. The molecule has 0 N–H and O–H groups in total. The first-order chi connectivity index (χ1) is 14.8. The van der Waals surface area contributed by atoms with E-state index in [1.807, 2.05) is 30.3 Å². The average Bonchev–Trinajstić information content (AvgIpc) is 2.77. The van der Waals surface area contributed by atoms with Crippen LogP contribution in [0, 0.1) is 16.0 Å². The number of ether oxygens (including phenoxy) is 2. The average molecular weight is 422 g/mol. The van der Waals surface area contributed by atoms with Gasteiger partial charge in [0, 0.05) is 29.5 Å². The summed E-state index contributed by atoms with van der Waals surface area (Å²) in [6.07, 6.45) is 0. The van der Waals surface area contributed by atoms with E-state index < -0.39 is 28.7 Å². The number of carbonyl (C=O) groups excluding carboxylic acids is 2. The van der Waals surface area contributed by atoms with E-state index in [0.717, 1.165) is 5.56 Å². The highest BCUT2D eigenvalue weighted by atomic mass is 16.6. The van der Waals surface area contributed by atoms with Gasteiger partial charge in [0.15, 0.2) is 0 Å². The predicted octanol–water partition coefficient (Wildman–Crippen LogP) is 3.96. The summed E-state index contributed by atoms with van der Waals surface area (Å²) in [5, 5.41) is 11.3. The van der Waals surface area contributed by atoms with Gasteiger partial charge in [0.25, 0.3) is 5.69 Å². The molecule has 31 heavy (non-hydrogen) atoms. The minimum Gasteiger partial charge on any atom is -0.468 e. The molecule has 0 fully saturated rings. The lowest BCUT2D eigenvalue weighted by Crippen LogP contribution is -2.36. The smallest absolute Gasteiger partial charge is 0.336 e. The highest BCUT2D eigenvalue weighted by molar-refractivity contribution is 6.07. The number of non-ortho nitro benzene ring substituents is 1. The Kier molecular flexibility index (Phi) is 6.59. The van der Waals surface area contributed by atoms with Gasteiger partial charge in [-0.05, 0) is 25.0 Å². The first kappa shape index (κ1) is 21.9. The molecule has 0 saturated carbocycles. The third-order valence-corrected chi connectivity index (χ3v) is 5.16. The second-order valence-corrected chi connectivity index (χ2v) is 7.14. The SMILES string of the molecule is COC(=O)C1C(C)=NC(C)=C(C(=O)OCc2ccccc2)C1c1cccc([N+](=O)[O-])c1. The van der Waals surface area contributed by atoms with Crippen molar-refractivity contribution in [3.8, 4) is 0 Å². The summed E-state index contributed by atoms with van der Waals surface area (Å²) in [6.45, 7) is 3.37. The maximum Gasteiger partial charge on any atom is 0.336 e. The number of hydrogen-bond acceptors (Lipinski definition) is 7.